The van der Waals surface area contributed by atoms with E-state index >= 15 is 0 Å². The van der Waals surface area contributed by atoms with Gasteiger partial charge >= 0.3 is 0 Å². The first-order chi connectivity index (χ1) is 6.69. The third-order valence-corrected chi connectivity index (χ3v) is 2.44. The summed E-state index contributed by atoms with van der Waals surface area (Å²) in [5.41, 5.74) is 7.70. The quantitative estimate of drug-likeness (QED) is 0.745. The molecule has 14 heavy (non-hydrogen) atoms. The SMILES string of the molecule is CCC(CC)Oc1c(C)cccc1N. The molecule has 2 N–H and O–H groups in total. The Kier molecular flexibility index (Phi) is 3.81. The minimum absolute atomic E-state index is 0.276. The molecule has 2 heteroatoms. The molecule has 0 saturated heterocycles. The molecule has 0 aliphatic heterocycles. The fourth-order valence-corrected chi connectivity index (χ4v) is 1.46. The van der Waals surface area contributed by atoms with Gasteiger partial charge in [0.25, 0.3) is 0 Å². The van der Waals surface area contributed by atoms with Gasteiger partial charge in [0.1, 0.15) is 5.75 Å². The molecule has 0 unspecified atom stereocenters. The average molecular weight is 193 g/mol. The molecule has 0 amide bonds. The summed E-state index contributed by atoms with van der Waals surface area (Å²) in [5, 5.41) is 0. The maximum absolute atomic E-state index is 5.85. The first-order valence-corrected chi connectivity index (χ1v) is 5.20. The summed E-state index contributed by atoms with van der Waals surface area (Å²) < 4.78 is 5.85. The van der Waals surface area contributed by atoms with Gasteiger partial charge in [-0.15, -0.1) is 0 Å². The molecule has 1 aromatic carbocycles. The van der Waals surface area contributed by atoms with Crippen LogP contribution >= 0.6 is 0 Å². The Morgan fingerprint density at radius 1 is 1.29 bits per heavy atom. The van der Waals surface area contributed by atoms with E-state index in [2.05, 4.69) is 13.8 Å². The Balaban J connectivity index is 2.84. The fourth-order valence-electron chi connectivity index (χ4n) is 1.46. The molecule has 0 saturated carbocycles. The summed E-state index contributed by atoms with van der Waals surface area (Å²) in [5.74, 6) is 0.848. The lowest BCUT2D eigenvalue weighted by Crippen LogP contribution is -2.15. The maximum atomic E-state index is 5.85. The van der Waals surface area contributed by atoms with E-state index in [1.807, 2.05) is 25.1 Å². The standard InChI is InChI=1S/C12H19NO/c1-4-10(5-2)14-12-9(3)7-6-8-11(12)13/h6-8,10H,4-5,13H2,1-3H3. The largest absolute Gasteiger partial charge is 0.488 e. The van der Waals surface area contributed by atoms with Gasteiger partial charge in [0.15, 0.2) is 0 Å². The summed E-state index contributed by atoms with van der Waals surface area (Å²) >= 11 is 0. The van der Waals surface area contributed by atoms with E-state index in [0.29, 0.717) is 0 Å². The fraction of sp³-hybridized carbons (Fsp3) is 0.500. The zero-order valence-electron chi connectivity index (χ0n) is 9.21. The minimum Gasteiger partial charge on any atom is -0.488 e. The number of para-hydroxylation sites is 1. The van der Waals surface area contributed by atoms with E-state index in [-0.39, 0.29) is 6.10 Å². The molecular weight excluding hydrogens is 174 g/mol. The number of hydrogen-bond acceptors (Lipinski definition) is 2. The van der Waals surface area contributed by atoms with Gasteiger partial charge in [0, 0.05) is 0 Å². The van der Waals surface area contributed by atoms with E-state index in [1.54, 1.807) is 0 Å². The zero-order valence-corrected chi connectivity index (χ0v) is 9.21. The number of anilines is 1. The van der Waals surface area contributed by atoms with Crippen molar-refractivity contribution in [1.29, 1.82) is 0 Å². The summed E-state index contributed by atoms with van der Waals surface area (Å²) in [6.45, 7) is 6.28. The molecule has 0 radical (unpaired) electrons. The van der Waals surface area contributed by atoms with Crippen molar-refractivity contribution in [2.24, 2.45) is 0 Å². The predicted molar refractivity (Wildman–Crippen MR) is 60.6 cm³/mol. The first-order valence-electron chi connectivity index (χ1n) is 5.20. The average Bonchev–Trinajstić information content (AvgIpc) is 2.18. The summed E-state index contributed by atoms with van der Waals surface area (Å²) in [7, 11) is 0. The number of nitrogen functional groups attached to an aromatic ring is 1. The zero-order chi connectivity index (χ0) is 10.6. The highest BCUT2D eigenvalue weighted by Crippen LogP contribution is 2.27. The highest BCUT2D eigenvalue weighted by atomic mass is 16.5. The highest BCUT2D eigenvalue weighted by molar-refractivity contribution is 5.56. The number of hydrogen-bond donors (Lipinski definition) is 1. The van der Waals surface area contributed by atoms with Crippen LogP contribution in [0.15, 0.2) is 18.2 Å². The van der Waals surface area contributed by atoms with Gasteiger partial charge in [-0.2, -0.15) is 0 Å². The van der Waals surface area contributed by atoms with E-state index < -0.39 is 0 Å². The second-order valence-electron chi connectivity index (χ2n) is 3.55. The van der Waals surface area contributed by atoms with Crippen LogP contribution in [0.2, 0.25) is 0 Å². The molecule has 0 atom stereocenters. The number of ether oxygens (including phenoxy) is 1. The Morgan fingerprint density at radius 2 is 1.93 bits per heavy atom. The Hall–Kier alpha value is -1.18. The summed E-state index contributed by atoms with van der Waals surface area (Å²) in [6.07, 6.45) is 2.31. The van der Waals surface area contributed by atoms with Crippen molar-refractivity contribution >= 4 is 5.69 Å². The lowest BCUT2D eigenvalue weighted by molar-refractivity contribution is 0.193. The first kappa shape index (κ1) is 10.9. The van der Waals surface area contributed by atoms with Gasteiger partial charge in [0.2, 0.25) is 0 Å². The van der Waals surface area contributed by atoms with Gasteiger partial charge < -0.3 is 10.5 Å². The van der Waals surface area contributed by atoms with Gasteiger partial charge in [-0.25, -0.2) is 0 Å². The number of benzene rings is 1. The molecular formula is C12H19NO. The van der Waals surface area contributed by atoms with Crippen molar-refractivity contribution in [3.05, 3.63) is 23.8 Å². The smallest absolute Gasteiger partial charge is 0.145 e. The Bertz CT molecular complexity index is 272. The van der Waals surface area contributed by atoms with Gasteiger partial charge in [-0.05, 0) is 31.4 Å². The molecule has 1 rings (SSSR count). The molecule has 1 aromatic rings. The van der Waals surface area contributed by atoms with Crippen LogP contribution in [0.4, 0.5) is 5.69 Å². The molecule has 0 bridgehead atoms. The summed E-state index contributed by atoms with van der Waals surface area (Å²) in [6, 6.07) is 5.85. The number of nitrogens with two attached hydrogens (primary N) is 1. The number of aryl methyl sites for hydroxylation is 1. The third kappa shape index (κ3) is 2.41. The van der Waals surface area contributed by atoms with Crippen LogP contribution in [-0.4, -0.2) is 6.10 Å². The molecule has 0 aliphatic rings. The van der Waals surface area contributed by atoms with Gasteiger partial charge in [-0.1, -0.05) is 26.0 Å². The Morgan fingerprint density at radius 3 is 2.43 bits per heavy atom. The molecule has 0 aliphatic carbocycles. The van der Waals surface area contributed by atoms with Crippen LogP contribution in [0, 0.1) is 6.92 Å². The second-order valence-corrected chi connectivity index (χ2v) is 3.55. The monoisotopic (exact) mass is 193 g/mol. The van der Waals surface area contributed by atoms with Gasteiger partial charge in [0.05, 0.1) is 11.8 Å². The lowest BCUT2D eigenvalue weighted by atomic mass is 10.1. The van der Waals surface area contributed by atoms with E-state index in [1.165, 1.54) is 0 Å². The predicted octanol–water partition coefficient (Wildman–Crippen LogP) is 3.14. The van der Waals surface area contributed by atoms with Crippen LogP contribution in [0.3, 0.4) is 0 Å². The van der Waals surface area contributed by atoms with Crippen molar-refractivity contribution in [3.63, 3.8) is 0 Å². The van der Waals surface area contributed by atoms with Crippen LogP contribution < -0.4 is 10.5 Å². The van der Waals surface area contributed by atoms with Crippen molar-refractivity contribution in [2.45, 2.75) is 39.7 Å². The normalized spacial score (nSPS) is 10.6. The van der Waals surface area contributed by atoms with Crippen LogP contribution in [-0.2, 0) is 0 Å². The third-order valence-electron chi connectivity index (χ3n) is 2.44. The summed E-state index contributed by atoms with van der Waals surface area (Å²) in [4.78, 5) is 0. The second kappa shape index (κ2) is 4.89. The van der Waals surface area contributed by atoms with Crippen molar-refractivity contribution in [3.8, 4) is 5.75 Å². The Labute approximate surface area is 86.1 Å². The van der Waals surface area contributed by atoms with E-state index in [4.69, 9.17) is 10.5 Å². The highest BCUT2D eigenvalue weighted by Gasteiger charge is 2.09. The van der Waals surface area contributed by atoms with Gasteiger partial charge in [-0.3, -0.25) is 0 Å². The van der Waals surface area contributed by atoms with Crippen LogP contribution in [0.1, 0.15) is 32.3 Å². The van der Waals surface area contributed by atoms with Crippen molar-refractivity contribution in [1.82, 2.24) is 0 Å². The molecule has 0 fully saturated rings. The lowest BCUT2D eigenvalue weighted by Gasteiger charge is -2.18. The van der Waals surface area contributed by atoms with Crippen LogP contribution in [0.25, 0.3) is 0 Å². The number of rotatable bonds is 4. The van der Waals surface area contributed by atoms with E-state index in [0.717, 1.165) is 29.8 Å². The van der Waals surface area contributed by atoms with E-state index in [9.17, 15) is 0 Å². The molecule has 0 aromatic heterocycles. The maximum Gasteiger partial charge on any atom is 0.145 e. The molecule has 78 valence electrons. The van der Waals surface area contributed by atoms with Crippen molar-refractivity contribution in [2.75, 3.05) is 5.73 Å². The molecule has 0 heterocycles. The molecule has 2 nitrogen and oxygen atoms in total. The minimum atomic E-state index is 0.276. The molecule has 0 spiro atoms. The topological polar surface area (TPSA) is 35.2 Å². The van der Waals surface area contributed by atoms with Crippen molar-refractivity contribution < 1.29 is 4.74 Å². The van der Waals surface area contributed by atoms with Crippen LogP contribution in [0.5, 0.6) is 5.75 Å².